The summed E-state index contributed by atoms with van der Waals surface area (Å²) in [7, 11) is 0. The van der Waals surface area contributed by atoms with Gasteiger partial charge in [0.25, 0.3) is 0 Å². The largest absolute Gasteiger partial charge is 0.366 e. The Morgan fingerprint density at radius 2 is 1.61 bits per heavy atom. The van der Waals surface area contributed by atoms with Gasteiger partial charge in [-0.15, -0.1) is 0 Å². The van der Waals surface area contributed by atoms with E-state index in [-0.39, 0.29) is 0 Å². The molecule has 2 bridgehead atoms. The van der Waals surface area contributed by atoms with E-state index in [1.54, 1.807) is 0 Å². The van der Waals surface area contributed by atoms with Gasteiger partial charge in [0.05, 0.1) is 11.9 Å². The summed E-state index contributed by atoms with van der Waals surface area (Å²) in [6.07, 6.45) is 12.9. The van der Waals surface area contributed by atoms with Crippen LogP contribution in [0, 0.1) is 0 Å². The van der Waals surface area contributed by atoms with Crippen molar-refractivity contribution in [2.75, 3.05) is 31.1 Å². The predicted molar refractivity (Wildman–Crippen MR) is 93.5 cm³/mol. The van der Waals surface area contributed by atoms with Crippen LogP contribution in [0.25, 0.3) is 11.1 Å². The highest BCUT2D eigenvalue weighted by Crippen LogP contribution is 2.29. The van der Waals surface area contributed by atoms with Crippen molar-refractivity contribution in [2.45, 2.75) is 31.7 Å². The summed E-state index contributed by atoms with van der Waals surface area (Å²) in [5.41, 5.74) is 3.64. The first-order valence-electron chi connectivity index (χ1n) is 8.74. The summed E-state index contributed by atoms with van der Waals surface area (Å²) in [6, 6.07) is 7.07. The van der Waals surface area contributed by atoms with Gasteiger partial charge in [0.15, 0.2) is 0 Å². The second-order valence-electron chi connectivity index (χ2n) is 6.64. The molecular weight excluding hydrogens is 284 g/mol. The molecule has 0 aliphatic carbocycles. The van der Waals surface area contributed by atoms with Gasteiger partial charge in [-0.1, -0.05) is 0 Å². The number of nitrogens with zero attached hydrogens (tertiary/aromatic N) is 4. The van der Waals surface area contributed by atoms with E-state index in [9.17, 15) is 0 Å². The van der Waals surface area contributed by atoms with Crippen LogP contribution in [0.4, 0.5) is 5.69 Å². The molecule has 4 nitrogen and oxygen atoms in total. The molecule has 0 saturated carbocycles. The molecule has 3 saturated heterocycles. The van der Waals surface area contributed by atoms with E-state index in [0.717, 1.165) is 6.54 Å². The van der Waals surface area contributed by atoms with Crippen molar-refractivity contribution in [3.63, 3.8) is 0 Å². The highest BCUT2D eigenvalue weighted by molar-refractivity contribution is 5.66. The normalized spacial score (nSPS) is 24.8. The molecule has 0 aromatic carbocycles. The third kappa shape index (κ3) is 3.22. The molecule has 4 heteroatoms. The molecular formula is C19H24N4. The van der Waals surface area contributed by atoms with Crippen LogP contribution in [0.1, 0.15) is 25.7 Å². The van der Waals surface area contributed by atoms with Gasteiger partial charge in [0.1, 0.15) is 0 Å². The van der Waals surface area contributed by atoms with E-state index in [0.29, 0.717) is 6.04 Å². The molecule has 0 unspecified atom stereocenters. The summed E-state index contributed by atoms with van der Waals surface area (Å²) in [5, 5.41) is 0. The number of anilines is 1. The Morgan fingerprint density at radius 3 is 2.39 bits per heavy atom. The molecule has 0 radical (unpaired) electrons. The molecule has 0 atom stereocenters. The number of hydrogen-bond donors (Lipinski definition) is 0. The van der Waals surface area contributed by atoms with E-state index in [4.69, 9.17) is 0 Å². The molecule has 3 fully saturated rings. The molecule has 5 rings (SSSR count). The van der Waals surface area contributed by atoms with E-state index in [2.05, 4.69) is 38.0 Å². The SMILES string of the molecule is c1cc(-c2cncc(N3CCN4CCCC3CCC4)c2)ccn1. The molecule has 2 aromatic heterocycles. The van der Waals surface area contributed by atoms with E-state index in [1.807, 2.05) is 24.8 Å². The summed E-state index contributed by atoms with van der Waals surface area (Å²) in [4.78, 5) is 13.9. The van der Waals surface area contributed by atoms with Gasteiger partial charge in [0.2, 0.25) is 0 Å². The molecule has 3 aliphatic rings. The summed E-state index contributed by atoms with van der Waals surface area (Å²) < 4.78 is 0. The van der Waals surface area contributed by atoms with Crippen LogP contribution in [0.3, 0.4) is 0 Å². The van der Waals surface area contributed by atoms with Gasteiger partial charge in [-0.2, -0.15) is 0 Å². The van der Waals surface area contributed by atoms with Crippen molar-refractivity contribution in [1.82, 2.24) is 14.9 Å². The molecule has 0 spiro atoms. The fourth-order valence-corrected chi connectivity index (χ4v) is 3.95. The zero-order chi connectivity index (χ0) is 15.5. The first-order chi connectivity index (χ1) is 11.4. The van der Waals surface area contributed by atoms with Crippen LogP contribution in [-0.2, 0) is 0 Å². The quantitative estimate of drug-likeness (QED) is 0.853. The lowest BCUT2D eigenvalue weighted by Gasteiger charge is -2.41. The van der Waals surface area contributed by atoms with Crippen LogP contribution in [-0.4, -0.2) is 47.1 Å². The third-order valence-corrected chi connectivity index (χ3v) is 5.19. The maximum absolute atomic E-state index is 4.52. The highest BCUT2D eigenvalue weighted by atomic mass is 15.2. The van der Waals surface area contributed by atoms with Crippen molar-refractivity contribution in [3.8, 4) is 11.1 Å². The van der Waals surface area contributed by atoms with Crippen LogP contribution < -0.4 is 4.90 Å². The number of pyridine rings is 2. The van der Waals surface area contributed by atoms with Gasteiger partial charge < -0.3 is 9.80 Å². The van der Waals surface area contributed by atoms with Gasteiger partial charge in [-0.3, -0.25) is 9.97 Å². The lowest BCUT2D eigenvalue weighted by atomic mass is 9.98. The van der Waals surface area contributed by atoms with Gasteiger partial charge >= 0.3 is 0 Å². The van der Waals surface area contributed by atoms with Crippen molar-refractivity contribution >= 4 is 5.69 Å². The van der Waals surface area contributed by atoms with E-state index >= 15 is 0 Å². The maximum atomic E-state index is 4.52. The predicted octanol–water partition coefficient (Wildman–Crippen LogP) is 3.21. The standard InChI is InChI=1S/C19H24N4/c1-3-18-4-2-10-22(9-1)11-12-23(18)19-13-17(14-21-15-19)16-5-7-20-8-6-16/h5-8,13-15,18H,1-4,9-12H2. The first-order valence-corrected chi connectivity index (χ1v) is 8.74. The number of rotatable bonds is 2. The zero-order valence-electron chi connectivity index (χ0n) is 13.6. The number of hydrogen-bond acceptors (Lipinski definition) is 4. The molecule has 0 amide bonds. The van der Waals surface area contributed by atoms with Crippen molar-refractivity contribution < 1.29 is 0 Å². The Labute approximate surface area is 138 Å². The Bertz CT molecular complexity index is 633. The van der Waals surface area contributed by atoms with Crippen LogP contribution in [0.2, 0.25) is 0 Å². The monoisotopic (exact) mass is 308 g/mol. The molecule has 0 N–H and O–H groups in total. The molecule has 5 heterocycles. The lowest BCUT2D eigenvalue weighted by molar-refractivity contribution is 0.217. The summed E-state index contributed by atoms with van der Waals surface area (Å²) >= 11 is 0. The Hall–Kier alpha value is -1.94. The van der Waals surface area contributed by atoms with Crippen molar-refractivity contribution in [2.24, 2.45) is 0 Å². The fourth-order valence-electron chi connectivity index (χ4n) is 3.95. The average Bonchev–Trinajstić information content (AvgIpc) is 2.54. The van der Waals surface area contributed by atoms with Gasteiger partial charge in [-0.05, 0) is 62.5 Å². The van der Waals surface area contributed by atoms with Gasteiger partial charge in [-0.25, -0.2) is 0 Å². The lowest BCUT2D eigenvalue weighted by Crippen LogP contribution is -2.47. The topological polar surface area (TPSA) is 32.3 Å². The van der Waals surface area contributed by atoms with Crippen LogP contribution in [0.15, 0.2) is 43.0 Å². The van der Waals surface area contributed by atoms with E-state index in [1.165, 1.54) is 62.1 Å². The van der Waals surface area contributed by atoms with Gasteiger partial charge in [0, 0.05) is 43.3 Å². The Morgan fingerprint density at radius 1 is 0.826 bits per heavy atom. The minimum absolute atomic E-state index is 0.673. The smallest absolute Gasteiger partial charge is 0.0561 e. The Kier molecular flexibility index (Phi) is 4.24. The minimum atomic E-state index is 0.673. The fraction of sp³-hybridized carbons (Fsp3) is 0.474. The average molecular weight is 308 g/mol. The number of aromatic nitrogens is 2. The summed E-state index contributed by atoms with van der Waals surface area (Å²) in [6.45, 7) is 4.85. The molecule has 23 heavy (non-hydrogen) atoms. The maximum Gasteiger partial charge on any atom is 0.0561 e. The minimum Gasteiger partial charge on any atom is -0.366 e. The zero-order valence-corrected chi connectivity index (χ0v) is 13.6. The molecule has 2 aromatic rings. The van der Waals surface area contributed by atoms with Crippen molar-refractivity contribution in [1.29, 1.82) is 0 Å². The molecule has 120 valence electrons. The van der Waals surface area contributed by atoms with E-state index < -0.39 is 0 Å². The second kappa shape index (κ2) is 6.67. The van der Waals surface area contributed by atoms with Crippen LogP contribution in [0.5, 0.6) is 0 Å². The third-order valence-electron chi connectivity index (χ3n) is 5.19. The first kappa shape index (κ1) is 14.6. The van der Waals surface area contributed by atoms with Crippen molar-refractivity contribution in [3.05, 3.63) is 43.0 Å². The molecule has 3 aliphatic heterocycles. The number of fused-ring (bicyclic) bond motifs is 6. The second-order valence-corrected chi connectivity index (χ2v) is 6.64. The van der Waals surface area contributed by atoms with Crippen LogP contribution >= 0.6 is 0 Å². The highest BCUT2D eigenvalue weighted by Gasteiger charge is 2.25. The summed E-state index contributed by atoms with van der Waals surface area (Å²) in [5.74, 6) is 0. The Balaban J connectivity index is 1.64.